The first-order valence-corrected chi connectivity index (χ1v) is 13.9. The minimum atomic E-state index is -0.705. The van der Waals surface area contributed by atoms with E-state index in [0.717, 1.165) is 22.4 Å². The number of hydrogen-bond donors (Lipinski definition) is 3. The Bertz CT molecular complexity index is 1620. The average molecular weight is 591 g/mol. The summed E-state index contributed by atoms with van der Waals surface area (Å²) in [6.07, 6.45) is 2.26. The Labute approximate surface area is 245 Å². The van der Waals surface area contributed by atoms with Crippen LogP contribution in [0.1, 0.15) is 26.4 Å². The van der Waals surface area contributed by atoms with Gasteiger partial charge in [0, 0.05) is 47.3 Å². The van der Waals surface area contributed by atoms with E-state index >= 15 is 0 Å². The largest absolute Gasteiger partial charge is 0.493 e. The molecular weight excluding hydrogens is 560 g/mol. The number of aromatic nitrogens is 2. The number of carbonyl (C=O) groups excluding carboxylic acids is 2. The van der Waals surface area contributed by atoms with Crippen LogP contribution in [0.3, 0.4) is 0 Å². The van der Waals surface area contributed by atoms with Crippen molar-refractivity contribution in [2.24, 2.45) is 0 Å². The highest BCUT2D eigenvalue weighted by Gasteiger charge is 2.28. The van der Waals surface area contributed by atoms with Crippen molar-refractivity contribution in [3.05, 3.63) is 70.9 Å². The molecule has 6 N–H and O–H groups in total. The Balaban J connectivity index is 0.00000353. The molecule has 3 aromatic heterocycles. The van der Waals surface area contributed by atoms with E-state index in [1.165, 1.54) is 13.3 Å². The third-order valence-electron chi connectivity index (χ3n) is 6.92. The summed E-state index contributed by atoms with van der Waals surface area (Å²) in [5.74, 6) is 0.0668. The number of morpholine rings is 1. The number of hydrogen-bond acceptors (Lipinski definition) is 13. The summed E-state index contributed by atoms with van der Waals surface area (Å²) in [5, 5.41) is 2.01. The van der Waals surface area contributed by atoms with Gasteiger partial charge in [0.2, 0.25) is 0 Å². The van der Waals surface area contributed by atoms with Crippen LogP contribution < -0.4 is 27.0 Å². The summed E-state index contributed by atoms with van der Waals surface area (Å²) in [5.41, 5.74) is 11.8. The van der Waals surface area contributed by atoms with Gasteiger partial charge in [-0.1, -0.05) is 0 Å². The van der Waals surface area contributed by atoms with Crippen molar-refractivity contribution in [2.45, 2.75) is 6.42 Å². The molecule has 42 heavy (non-hydrogen) atoms. The van der Waals surface area contributed by atoms with E-state index in [4.69, 9.17) is 24.8 Å². The summed E-state index contributed by atoms with van der Waals surface area (Å²) in [4.78, 5) is 44.0. The minimum Gasteiger partial charge on any atom is -0.493 e. The molecule has 0 amide bonds. The summed E-state index contributed by atoms with van der Waals surface area (Å²) in [6.45, 7) is 2.88. The van der Waals surface area contributed by atoms with Crippen LogP contribution in [-0.4, -0.2) is 61.9 Å². The third-order valence-corrected chi connectivity index (χ3v) is 7.91. The van der Waals surface area contributed by atoms with E-state index in [9.17, 15) is 9.59 Å². The fourth-order valence-corrected chi connectivity index (χ4v) is 5.82. The van der Waals surface area contributed by atoms with Gasteiger partial charge in [0.1, 0.15) is 11.6 Å². The molecule has 0 unspecified atom stereocenters. The highest BCUT2D eigenvalue weighted by atomic mass is 32.1. The zero-order valence-corrected chi connectivity index (χ0v) is 23.7. The van der Waals surface area contributed by atoms with Crippen LogP contribution in [0, 0.1) is 0 Å². The predicted molar refractivity (Wildman–Crippen MR) is 159 cm³/mol. The lowest BCUT2D eigenvalue weighted by Crippen LogP contribution is -2.37. The standard InChI is InChI=1S/C29H27N5O6S.H3N/c1-37-29(36)25-18(4-5-24(32-25)34-9-12-38-13-10-34)19-16-23-21(26-17(6-11-39-23)7-14-41-26)15-20(19)28(35)40-33-27-22(30)3-2-8-31-27;/h2-5,7-8,14-16H,6,9-13,30H2,1H3,(H,31,33);1H3. The summed E-state index contributed by atoms with van der Waals surface area (Å²) >= 11 is 1.57. The number of ether oxygens (including phenoxy) is 3. The van der Waals surface area contributed by atoms with Crippen LogP contribution in [0.15, 0.2) is 54.0 Å². The second-order valence-corrected chi connectivity index (χ2v) is 10.3. The number of methoxy groups -OCH3 is 1. The predicted octanol–water partition coefficient (Wildman–Crippen LogP) is 4.36. The van der Waals surface area contributed by atoms with E-state index in [1.54, 1.807) is 41.7 Å². The number of thiophene rings is 1. The Morgan fingerprint density at radius 1 is 1.05 bits per heavy atom. The normalized spacial score (nSPS) is 13.9. The van der Waals surface area contributed by atoms with Gasteiger partial charge in [0.25, 0.3) is 0 Å². The topological polar surface area (TPSA) is 173 Å². The van der Waals surface area contributed by atoms with Gasteiger partial charge in [-0.25, -0.2) is 19.6 Å². The van der Waals surface area contributed by atoms with Gasteiger partial charge in [0.05, 0.1) is 38.2 Å². The molecule has 2 aliphatic heterocycles. The molecule has 6 rings (SSSR count). The van der Waals surface area contributed by atoms with Crippen molar-refractivity contribution in [1.29, 1.82) is 0 Å². The molecule has 0 bridgehead atoms. The Morgan fingerprint density at radius 3 is 2.67 bits per heavy atom. The molecule has 0 atom stereocenters. The first-order chi connectivity index (χ1) is 20.0. The molecule has 218 valence electrons. The number of nitrogens with two attached hydrogens (primary N) is 1. The maximum Gasteiger partial charge on any atom is 0.363 e. The number of benzene rings is 1. The monoisotopic (exact) mass is 590 g/mol. The van der Waals surface area contributed by atoms with Gasteiger partial charge in [0.15, 0.2) is 11.5 Å². The smallest absolute Gasteiger partial charge is 0.363 e. The van der Waals surface area contributed by atoms with Crippen LogP contribution in [0.5, 0.6) is 5.75 Å². The second-order valence-electron chi connectivity index (χ2n) is 9.36. The Kier molecular flexibility index (Phi) is 8.52. The van der Waals surface area contributed by atoms with Gasteiger partial charge in [-0.05, 0) is 53.4 Å². The number of nitrogens with zero attached hydrogens (tertiary/aromatic N) is 3. The van der Waals surface area contributed by atoms with E-state index in [0.29, 0.717) is 61.3 Å². The van der Waals surface area contributed by atoms with Crippen molar-refractivity contribution < 1.29 is 28.6 Å². The maximum absolute atomic E-state index is 13.7. The molecule has 2 aliphatic rings. The van der Waals surface area contributed by atoms with Crippen LogP contribution in [0.25, 0.3) is 21.6 Å². The second kappa shape index (κ2) is 12.4. The highest BCUT2D eigenvalue weighted by Crippen LogP contribution is 2.43. The lowest BCUT2D eigenvalue weighted by molar-refractivity contribution is 0.0583. The third kappa shape index (κ3) is 5.57. The van der Waals surface area contributed by atoms with E-state index in [2.05, 4.69) is 21.5 Å². The quantitative estimate of drug-likeness (QED) is 0.214. The SMILES string of the molecule is COC(=O)c1nc(N2CCOCC2)ccc1-c1cc2c(cc1C(=O)ONc1ncccc1N)-c1sccc1CCO2.N. The fourth-order valence-electron chi connectivity index (χ4n) is 4.85. The average Bonchev–Trinajstić information content (AvgIpc) is 3.41. The van der Waals surface area contributed by atoms with Gasteiger partial charge >= 0.3 is 11.9 Å². The zero-order valence-electron chi connectivity index (χ0n) is 22.9. The van der Waals surface area contributed by atoms with Crippen LogP contribution in [-0.2, 0) is 20.7 Å². The summed E-state index contributed by atoms with van der Waals surface area (Å²) in [7, 11) is 1.30. The van der Waals surface area contributed by atoms with Gasteiger partial charge in [-0.15, -0.1) is 11.3 Å². The van der Waals surface area contributed by atoms with E-state index in [1.807, 2.05) is 16.3 Å². The zero-order chi connectivity index (χ0) is 28.3. The number of pyridine rings is 2. The van der Waals surface area contributed by atoms with E-state index < -0.39 is 11.9 Å². The summed E-state index contributed by atoms with van der Waals surface area (Å²) < 4.78 is 16.7. The first-order valence-electron chi connectivity index (χ1n) is 13.0. The molecule has 12 nitrogen and oxygen atoms in total. The minimum absolute atomic E-state index is 0. The van der Waals surface area contributed by atoms with E-state index in [-0.39, 0.29) is 23.2 Å². The lowest BCUT2D eigenvalue weighted by atomic mass is 9.94. The Hall–Kier alpha value is -4.72. The molecule has 1 fully saturated rings. The molecule has 0 spiro atoms. The molecule has 1 saturated heterocycles. The van der Waals surface area contributed by atoms with Gasteiger partial charge < -0.3 is 35.8 Å². The number of esters is 1. The van der Waals surface area contributed by atoms with Crippen LogP contribution in [0.4, 0.5) is 17.3 Å². The molecule has 0 aliphatic carbocycles. The number of anilines is 3. The number of nitrogens with one attached hydrogen (secondary N) is 1. The molecule has 5 heterocycles. The van der Waals surface area contributed by atoms with Crippen molar-refractivity contribution in [1.82, 2.24) is 16.1 Å². The fraction of sp³-hybridized carbons (Fsp3) is 0.241. The molecule has 4 aromatic rings. The van der Waals surface area contributed by atoms with Crippen molar-refractivity contribution in [3.63, 3.8) is 0 Å². The molecule has 0 radical (unpaired) electrons. The first kappa shape index (κ1) is 28.8. The maximum atomic E-state index is 13.7. The van der Waals surface area contributed by atoms with Gasteiger partial charge in [-0.3, -0.25) is 0 Å². The van der Waals surface area contributed by atoms with Crippen molar-refractivity contribution >= 4 is 40.6 Å². The summed E-state index contributed by atoms with van der Waals surface area (Å²) in [6, 6.07) is 12.4. The van der Waals surface area contributed by atoms with Crippen LogP contribution in [0.2, 0.25) is 0 Å². The number of rotatable bonds is 6. The van der Waals surface area contributed by atoms with Crippen LogP contribution >= 0.6 is 11.3 Å². The highest BCUT2D eigenvalue weighted by molar-refractivity contribution is 7.13. The number of fused-ring (bicyclic) bond motifs is 3. The van der Waals surface area contributed by atoms with Gasteiger partial charge in [-0.2, -0.15) is 5.48 Å². The van der Waals surface area contributed by atoms with Crippen molar-refractivity contribution in [2.75, 3.05) is 56.1 Å². The molecule has 0 saturated carbocycles. The molecule has 13 heteroatoms. The lowest BCUT2D eigenvalue weighted by Gasteiger charge is -2.28. The number of nitrogen functional groups attached to an aromatic ring is 1. The number of carbonyl (C=O) groups is 2. The van der Waals surface area contributed by atoms with Crippen molar-refractivity contribution in [3.8, 4) is 27.3 Å². The Morgan fingerprint density at radius 2 is 1.88 bits per heavy atom. The molecule has 1 aromatic carbocycles. The molecular formula is C29H30N6O6S.